The van der Waals surface area contributed by atoms with E-state index in [1.807, 2.05) is 0 Å². The quantitative estimate of drug-likeness (QED) is 0.192. The summed E-state index contributed by atoms with van der Waals surface area (Å²) in [6, 6.07) is 15.8. The molecule has 3 aromatic carbocycles. The number of halogens is 5. The Labute approximate surface area is 241 Å². The highest BCUT2D eigenvalue weighted by Crippen LogP contribution is 2.45. The lowest BCUT2D eigenvalue weighted by Crippen LogP contribution is -2.25. The molecule has 0 radical (unpaired) electrons. The van der Waals surface area contributed by atoms with Gasteiger partial charge in [-0.15, -0.1) is 8.78 Å². The molecule has 14 heteroatoms. The summed E-state index contributed by atoms with van der Waals surface area (Å²) in [6.07, 6.45) is -7.48. The molecule has 0 spiro atoms. The van der Waals surface area contributed by atoms with Gasteiger partial charge < -0.3 is 13.9 Å². The average Bonchev–Trinajstić information content (AvgIpc) is 3.60. The van der Waals surface area contributed by atoms with E-state index < -0.39 is 28.0 Å². The van der Waals surface area contributed by atoms with Gasteiger partial charge in [0.25, 0.3) is 0 Å². The number of hydrogen-bond donors (Lipinski definition) is 0. The third-order valence-electron chi connectivity index (χ3n) is 6.65. The van der Waals surface area contributed by atoms with Crippen molar-refractivity contribution >= 4 is 9.84 Å². The predicted molar refractivity (Wildman–Crippen MR) is 144 cm³/mol. The molecule has 1 aliphatic heterocycles. The SMILES string of the molecule is Cc1nc(-c2cc(-c3cccc(S(C)(=O)=O)c3)ccc2-n2nc(C(F)(F)F)cc2C)c(-c2ccc3c(c2)OC(F)(F)O3)o1. The Morgan fingerprint density at radius 1 is 0.860 bits per heavy atom. The number of fused-ring (bicyclic) bond motifs is 1. The minimum Gasteiger partial charge on any atom is -0.440 e. The van der Waals surface area contributed by atoms with E-state index in [4.69, 9.17) is 4.42 Å². The maximum absolute atomic E-state index is 13.7. The number of rotatable bonds is 5. The van der Waals surface area contributed by atoms with E-state index in [2.05, 4.69) is 19.6 Å². The molecule has 222 valence electrons. The first-order valence-electron chi connectivity index (χ1n) is 12.6. The number of alkyl halides is 5. The molecule has 0 fully saturated rings. The van der Waals surface area contributed by atoms with Crippen molar-refractivity contribution < 1.29 is 44.3 Å². The Balaban J connectivity index is 1.57. The molecule has 43 heavy (non-hydrogen) atoms. The van der Waals surface area contributed by atoms with Crippen LogP contribution in [0.25, 0.3) is 39.4 Å². The van der Waals surface area contributed by atoms with Crippen molar-refractivity contribution in [1.29, 1.82) is 0 Å². The fourth-order valence-corrected chi connectivity index (χ4v) is 5.42. The number of aryl methyl sites for hydroxylation is 2. The van der Waals surface area contributed by atoms with Gasteiger partial charge in [0.2, 0.25) is 0 Å². The summed E-state index contributed by atoms with van der Waals surface area (Å²) >= 11 is 0. The highest BCUT2D eigenvalue weighted by molar-refractivity contribution is 7.90. The van der Waals surface area contributed by atoms with Gasteiger partial charge in [0, 0.05) is 30.0 Å². The lowest BCUT2D eigenvalue weighted by molar-refractivity contribution is -0.286. The fourth-order valence-electron chi connectivity index (χ4n) is 4.75. The Morgan fingerprint density at radius 3 is 2.26 bits per heavy atom. The standard InChI is InChI=1S/C29H20F5N3O5S/c1-15-11-25(28(30,31)32)36-37(15)22-9-7-18(17-5-4-6-20(12-17)43(3,38)39)13-21(22)26-27(40-16(2)35-26)19-8-10-23-24(14-19)42-29(33,34)41-23/h4-14H,1-3H3. The lowest BCUT2D eigenvalue weighted by Gasteiger charge is -2.14. The smallest absolute Gasteiger partial charge is 0.440 e. The molecular weight excluding hydrogens is 597 g/mol. The van der Waals surface area contributed by atoms with Crippen molar-refractivity contribution in [2.45, 2.75) is 31.2 Å². The van der Waals surface area contributed by atoms with Gasteiger partial charge in [-0.2, -0.15) is 18.3 Å². The molecule has 2 aromatic heterocycles. The van der Waals surface area contributed by atoms with Crippen molar-refractivity contribution in [3.05, 3.63) is 84.0 Å². The highest BCUT2D eigenvalue weighted by atomic mass is 32.2. The third kappa shape index (κ3) is 5.33. The first-order chi connectivity index (χ1) is 20.1. The zero-order chi connectivity index (χ0) is 30.9. The minimum absolute atomic E-state index is 0.0727. The van der Waals surface area contributed by atoms with Gasteiger partial charge in [-0.25, -0.2) is 18.1 Å². The van der Waals surface area contributed by atoms with E-state index in [9.17, 15) is 30.4 Å². The maximum atomic E-state index is 13.7. The molecule has 0 atom stereocenters. The molecule has 0 unspecified atom stereocenters. The zero-order valence-corrected chi connectivity index (χ0v) is 23.3. The second-order valence-corrected chi connectivity index (χ2v) is 11.9. The number of benzene rings is 3. The van der Waals surface area contributed by atoms with Gasteiger partial charge in [-0.3, -0.25) is 0 Å². The van der Waals surface area contributed by atoms with Crippen LogP contribution in [0, 0.1) is 13.8 Å². The highest BCUT2D eigenvalue weighted by Gasteiger charge is 2.43. The van der Waals surface area contributed by atoms with Crippen molar-refractivity contribution in [3.63, 3.8) is 0 Å². The number of oxazole rings is 1. The van der Waals surface area contributed by atoms with Crippen LogP contribution in [-0.4, -0.2) is 35.7 Å². The van der Waals surface area contributed by atoms with E-state index in [-0.39, 0.29) is 56.2 Å². The lowest BCUT2D eigenvalue weighted by atomic mass is 9.98. The van der Waals surface area contributed by atoms with E-state index >= 15 is 0 Å². The summed E-state index contributed by atoms with van der Waals surface area (Å²) in [5.41, 5.74) is 1.02. The van der Waals surface area contributed by atoms with E-state index in [0.29, 0.717) is 11.1 Å². The Morgan fingerprint density at radius 2 is 1.56 bits per heavy atom. The summed E-state index contributed by atoms with van der Waals surface area (Å²) in [4.78, 5) is 4.57. The third-order valence-corrected chi connectivity index (χ3v) is 7.76. The van der Waals surface area contributed by atoms with Crippen LogP contribution >= 0.6 is 0 Å². The first-order valence-corrected chi connectivity index (χ1v) is 14.4. The molecule has 0 saturated heterocycles. The molecule has 0 saturated carbocycles. The van der Waals surface area contributed by atoms with Gasteiger partial charge in [0.05, 0.1) is 10.6 Å². The van der Waals surface area contributed by atoms with Crippen LogP contribution in [0.15, 0.2) is 76.0 Å². The first kappa shape index (κ1) is 28.4. The second-order valence-electron chi connectivity index (χ2n) is 9.85. The van der Waals surface area contributed by atoms with Crippen molar-refractivity contribution in [2.24, 2.45) is 0 Å². The molecule has 3 heterocycles. The average molecular weight is 618 g/mol. The van der Waals surface area contributed by atoms with Gasteiger partial charge in [-0.05, 0) is 66.6 Å². The molecule has 6 rings (SSSR count). The van der Waals surface area contributed by atoms with Crippen LogP contribution in [0.5, 0.6) is 11.5 Å². The Bertz CT molecular complexity index is 2020. The monoisotopic (exact) mass is 617 g/mol. The van der Waals surface area contributed by atoms with Crippen LogP contribution in [0.1, 0.15) is 17.3 Å². The predicted octanol–water partition coefficient (Wildman–Crippen LogP) is 7.22. The molecule has 0 amide bonds. The van der Waals surface area contributed by atoms with E-state index in [1.54, 1.807) is 31.2 Å². The number of sulfone groups is 1. The summed E-state index contributed by atoms with van der Waals surface area (Å²) in [7, 11) is -3.54. The van der Waals surface area contributed by atoms with Crippen molar-refractivity contribution in [2.75, 3.05) is 6.26 Å². The summed E-state index contributed by atoms with van der Waals surface area (Å²) in [6.45, 7) is 3.01. The second kappa shape index (κ2) is 9.66. The Hall–Kier alpha value is -4.72. The summed E-state index contributed by atoms with van der Waals surface area (Å²) in [5.74, 6) is -0.140. The largest absolute Gasteiger partial charge is 0.586 e. The van der Waals surface area contributed by atoms with E-state index in [0.717, 1.165) is 17.0 Å². The van der Waals surface area contributed by atoms with Crippen LogP contribution in [0.4, 0.5) is 22.0 Å². The van der Waals surface area contributed by atoms with Gasteiger partial charge >= 0.3 is 12.5 Å². The van der Waals surface area contributed by atoms with Crippen LogP contribution < -0.4 is 9.47 Å². The molecule has 1 aliphatic rings. The summed E-state index contributed by atoms with van der Waals surface area (Å²) < 4.78 is 109. The van der Waals surface area contributed by atoms with Crippen molar-refractivity contribution in [1.82, 2.24) is 14.8 Å². The van der Waals surface area contributed by atoms with Crippen LogP contribution in [0.2, 0.25) is 0 Å². The molecule has 0 aliphatic carbocycles. The van der Waals surface area contributed by atoms with Crippen molar-refractivity contribution in [3.8, 4) is 50.9 Å². The molecule has 5 aromatic rings. The number of hydrogen-bond acceptors (Lipinski definition) is 7. The summed E-state index contributed by atoms with van der Waals surface area (Å²) in [5, 5.41) is 3.79. The van der Waals surface area contributed by atoms with Crippen LogP contribution in [0.3, 0.4) is 0 Å². The maximum Gasteiger partial charge on any atom is 0.586 e. The molecule has 8 nitrogen and oxygen atoms in total. The normalized spacial score (nSPS) is 14.3. The zero-order valence-electron chi connectivity index (χ0n) is 22.5. The van der Waals surface area contributed by atoms with Gasteiger partial charge in [0.15, 0.2) is 38.7 Å². The molecule has 0 N–H and O–H groups in total. The van der Waals surface area contributed by atoms with Crippen LogP contribution in [-0.2, 0) is 16.0 Å². The molecule has 0 bridgehead atoms. The Kier molecular flexibility index (Phi) is 6.38. The number of nitrogens with zero attached hydrogens (tertiary/aromatic N) is 3. The van der Waals surface area contributed by atoms with Gasteiger partial charge in [0.1, 0.15) is 5.69 Å². The number of ether oxygens (including phenoxy) is 2. The van der Waals surface area contributed by atoms with Gasteiger partial charge in [-0.1, -0.05) is 18.2 Å². The topological polar surface area (TPSA) is 96.5 Å². The fraction of sp³-hybridized carbons (Fsp3) is 0.172. The minimum atomic E-state index is -4.70. The van der Waals surface area contributed by atoms with E-state index in [1.165, 1.54) is 43.3 Å². The molecular formula is C29H20F5N3O5S. The number of aromatic nitrogens is 3.